The van der Waals surface area contributed by atoms with E-state index >= 15 is 0 Å². The maximum Gasteiger partial charge on any atom is 0.255 e. The van der Waals surface area contributed by atoms with Gasteiger partial charge in [-0.1, -0.05) is 36.8 Å². The lowest BCUT2D eigenvalue weighted by Gasteiger charge is -2.32. The van der Waals surface area contributed by atoms with E-state index in [0.29, 0.717) is 18.0 Å². The molecular weight excluding hydrogens is 400 g/mol. The molecule has 2 aliphatic heterocycles. The lowest BCUT2D eigenvalue weighted by molar-refractivity contribution is -0.125. The summed E-state index contributed by atoms with van der Waals surface area (Å²) in [5, 5.41) is 3.08. The van der Waals surface area contributed by atoms with Crippen LogP contribution >= 0.6 is 0 Å². The highest BCUT2D eigenvalue weighted by Crippen LogP contribution is 2.23. The Kier molecular flexibility index (Phi) is 7.08. The Morgan fingerprint density at radius 3 is 2.28 bits per heavy atom. The minimum Gasteiger partial charge on any atom is -0.357 e. The fourth-order valence-corrected chi connectivity index (χ4v) is 4.50. The van der Waals surface area contributed by atoms with Gasteiger partial charge in [-0.25, -0.2) is 4.98 Å². The summed E-state index contributed by atoms with van der Waals surface area (Å²) in [4.78, 5) is 34.0. The maximum atomic E-state index is 12.7. The van der Waals surface area contributed by atoms with E-state index in [1.54, 1.807) is 6.20 Å². The van der Waals surface area contributed by atoms with Crippen molar-refractivity contribution in [2.75, 3.05) is 31.1 Å². The van der Waals surface area contributed by atoms with E-state index < -0.39 is 0 Å². The van der Waals surface area contributed by atoms with Crippen LogP contribution in [0.2, 0.25) is 0 Å². The highest BCUT2D eigenvalue weighted by atomic mass is 16.2. The molecule has 0 atom stereocenters. The van der Waals surface area contributed by atoms with Gasteiger partial charge in [-0.05, 0) is 56.2 Å². The molecule has 0 aliphatic carbocycles. The molecule has 0 unspecified atom stereocenters. The third-order valence-corrected chi connectivity index (χ3v) is 6.84. The van der Waals surface area contributed by atoms with E-state index in [2.05, 4.69) is 53.3 Å². The van der Waals surface area contributed by atoms with Crippen LogP contribution in [-0.4, -0.2) is 47.9 Å². The van der Waals surface area contributed by atoms with Gasteiger partial charge in [0.05, 0.1) is 5.56 Å². The number of nitrogens with zero attached hydrogens (tertiary/aromatic N) is 3. The van der Waals surface area contributed by atoms with E-state index in [4.69, 9.17) is 0 Å². The van der Waals surface area contributed by atoms with Crippen molar-refractivity contribution in [3.8, 4) is 0 Å². The second-order valence-corrected chi connectivity index (χ2v) is 9.34. The number of piperidine rings is 2. The number of aryl methyl sites for hydroxylation is 1. The zero-order chi connectivity index (χ0) is 22.5. The van der Waals surface area contributed by atoms with Crippen molar-refractivity contribution in [1.29, 1.82) is 0 Å². The number of hydrogen-bond acceptors (Lipinski definition) is 4. The summed E-state index contributed by atoms with van der Waals surface area (Å²) >= 11 is 0. The summed E-state index contributed by atoms with van der Waals surface area (Å²) in [6, 6.07) is 12.1. The molecule has 3 heterocycles. The van der Waals surface area contributed by atoms with E-state index in [1.807, 2.05) is 17.0 Å². The number of carbonyl (C=O) groups is 2. The Morgan fingerprint density at radius 1 is 0.969 bits per heavy atom. The summed E-state index contributed by atoms with van der Waals surface area (Å²) in [6.45, 7) is 8.15. The molecule has 2 aromatic rings. The number of amides is 2. The van der Waals surface area contributed by atoms with Crippen molar-refractivity contribution in [2.45, 2.75) is 46.1 Å². The first-order valence-corrected chi connectivity index (χ1v) is 11.8. The SMILES string of the molecule is Cc1ccc(CNC(=O)C2CCN(c3ccc(C(=O)N4CCC(C)CC4)cn3)CC2)cc1. The van der Waals surface area contributed by atoms with Gasteiger partial charge >= 0.3 is 0 Å². The molecule has 2 fully saturated rings. The van der Waals surface area contributed by atoms with Gasteiger partial charge in [0.1, 0.15) is 5.82 Å². The Morgan fingerprint density at radius 2 is 1.66 bits per heavy atom. The third-order valence-electron chi connectivity index (χ3n) is 6.84. The maximum absolute atomic E-state index is 12.7. The highest BCUT2D eigenvalue weighted by Gasteiger charge is 2.26. The molecule has 0 spiro atoms. The smallest absolute Gasteiger partial charge is 0.255 e. The predicted octanol–water partition coefficient (Wildman–Crippen LogP) is 3.79. The number of carbonyl (C=O) groups excluding carboxylic acids is 2. The van der Waals surface area contributed by atoms with Gasteiger partial charge in [-0.2, -0.15) is 0 Å². The Hall–Kier alpha value is -2.89. The fraction of sp³-hybridized carbons (Fsp3) is 0.500. The number of hydrogen-bond donors (Lipinski definition) is 1. The molecule has 170 valence electrons. The van der Waals surface area contributed by atoms with Crippen LogP contribution < -0.4 is 10.2 Å². The normalized spacial score (nSPS) is 17.9. The molecule has 2 amide bonds. The van der Waals surface area contributed by atoms with Crippen molar-refractivity contribution < 1.29 is 9.59 Å². The van der Waals surface area contributed by atoms with Gasteiger partial charge in [-0.3, -0.25) is 9.59 Å². The molecule has 32 heavy (non-hydrogen) atoms. The van der Waals surface area contributed by atoms with Crippen LogP contribution in [0.15, 0.2) is 42.6 Å². The predicted molar refractivity (Wildman–Crippen MR) is 127 cm³/mol. The van der Waals surface area contributed by atoms with Crippen LogP contribution in [0.1, 0.15) is 54.1 Å². The minimum atomic E-state index is 0.0408. The van der Waals surface area contributed by atoms with Gasteiger partial charge in [-0.15, -0.1) is 0 Å². The van der Waals surface area contributed by atoms with E-state index in [0.717, 1.165) is 63.2 Å². The van der Waals surface area contributed by atoms with Crippen LogP contribution in [0, 0.1) is 18.8 Å². The van der Waals surface area contributed by atoms with E-state index in [9.17, 15) is 9.59 Å². The fourth-order valence-electron chi connectivity index (χ4n) is 4.50. The van der Waals surface area contributed by atoms with E-state index in [1.165, 1.54) is 5.56 Å². The lowest BCUT2D eigenvalue weighted by Crippen LogP contribution is -2.40. The lowest BCUT2D eigenvalue weighted by atomic mass is 9.95. The summed E-state index contributed by atoms with van der Waals surface area (Å²) in [5.74, 6) is 1.84. The molecule has 0 saturated carbocycles. The number of pyridine rings is 1. The summed E-state index contributed by atoms with van der Waals surface area (Å²) in [6.07, 6.45) is 5.48. The number of benzene rings is 1. The molecule has 6 heteroatoms. The number of anilines is 1. The van der Waals surface area contributed by atoms with Crippen molar-refractivity contribution in [3.05, 3.63) is 59.3 Å². The second kappa shape index (κ2) is 10.2. The minimum absolute atomic E-state index is 0.0408. The molecule has 1 aromatic heterocycles. The van der Waals surface area contributed by atoms with Crippen LogP contribution in [0.3, 0.4) is 0 Å². The van der Waals surface area contributed by atoms with Crippen molar-refractivity contribution in [1.82, 2.24) is 15.2 Å². The number of aromatic nitrogens is 1. The summed E-state index contributed by atoms with van der Waals surface area (Å²) in [7, 11) is 0. The molecule has 1 aromatic carbocycles. The van der Waals surface area contributed by atoms with Crippen molar-refractivity contribution in [2.24, 2.45) is 11.8 Å². The molecule has 6 nitrogen and oxygen atoms in total. The Bertz CT molecular complexity index is 910. The quantitative estimate of drug-likeness (QED) is 0.778. The largest absolute Gasteiger partial charge is 0.357 e. The topological polar surface area (TPSA) is 65.5 Å². The van der Waals surface area contributed by atoms with Gasteiger partial charge in [0.2, 0.25) is 5.91 Å². The van der Waals surface area contributed by atoms with Gasteiger partial charge in [0.25, 0.3) is 5.91 Å². The first kappa shape index (κ1) is 22.3. The molecular formula is C26H34N4O2. The zero-order valence-electron chi connectivity index (χ0n) is 19.2. The average Bonchev–Trinajstić information content (AvgIpc) is 2.84. The second-order valence-electron chi connectivity index (χ2n) is 9.34. The number of likely N-dealkylation sites (tertiary alicyclic amines) is 1. The molecule has 2 saturated heterocycles. The van der Waals surface area contributed by atoms with Crippen LogP contribution in [0.25, 0.3) is 0 Å². The monoisotopic (exact) mass is 434 g/mol. The van der Waals surface area contributed by atoms with Gasteiger partial charge < -0.3 is 15.1 Å². The summed E-state index contributed by atoms with van der Waals surface area (Å²) in [5.41, 5.74) is 3.01. The zero-order valence-corrected chi connectivity index (χ0v) is 19.2. The molecule has 0 radical (unpaired) electrons. The van der Waals surface area contributed by atoms with Crippen LogP contribution in [-0.2, 0) is 11.3 Å². The van der Waals surface area contributed by atoms with Crippen LogP contribution in [0.4, 0.5) is 5.82 Å². The first-order valence-electron chi connectivity index (χ1n) is 11.8. The Balaban J connectivity index is 1.25. The number of rotatable bonds is 5. The molecule has 2 aliphatic rings. The van der Waals surface area contributed by atoms with Gasteiger partial charge in [0.15, 0.2) is 0 Å². The number of nitrogens with one attached hydrogen (secondary N) is 1. The van der Waals surface area contributed by atoms with Crippen LogP contribution in [0.5, 0.6) is 0 Å². The summed E-state index contributed by atoms with van der Waals surface area (Å²) < 4.78 is 0. The molecule has 1 N–H and O–H groups in total. The van der Waals surface area contributed by atoms with Crippen molar-refractivity contribution in [3.63, 3.8) is 0 Å². The highest BCUT2D eigenvalue weighted by molar-refractivity contribution is 5.94. The van der Waals surface area contributed by atoms with Crippen molar-refractivity contribution >= 4 is 17.6 Å². The third kappa shape index (κ3) is 5.47. The first-order chi connectivity index (χ1) is 15.5. The van der Waals surface area contributed by atoms with E-state index in [-0.39, 0.29) is 17.7 Å². The van der Waals surface area contributed by atoms with Gasteiger partial charge in [0, 0.05) is 44.8 Å². The Labute approximate surface area is 191 Å². The average molecular weight is 435 g/mol. The molecule has 4 rings (SSSR count). The molecule has 0 bridgehead atoms. The standard InChI is InChI=1S/C26H34N4O2/c1-19-3-5-21(6-4-19)17-28-25(31)22-11-15-29(16-12-22)24-8-7-23(18-27-24)26(32)30-13-9-20(2)10-14-30/h3-8,18,20,22H,9-17H2,1-2H3,(H,28,31).